The first-order valence-electron chi connectivity index (χ1n) is 10.4. The van der Waals surface area contributed by atoms with Gasteiger partial charge >= 0.3 is 5.97 Å². The summed E-state index contributed by atoms with van der Waals surface area (Å²) < 4.78 is 11.7. The third-order valence-corrected chi connectivity index (χ3v) is 6.33. The zero-order valence-corrected chi connectivity index (χ0v) is 17.0. The average molecular weight is 383 g/mol. The van der Waals surface area contributed by atoms with E-state index in [4.69, 9.17) is 9.47 Å². The van der Waals surface area contributed by atoms with Gasteiger partial charge in [0.05, 0.1) is 11.5 Å². The summed E-state index contributed by atoms with van der Waals surface area (Å²) in [6.45, 7) is 6.71. The molecular weight excluding hydrogens is 354 g/mol. The number of ether oxygens (including phenoxy) is 2. The summed E-state index contributed by atoms with van der Waals surface area (Å²) in [5, 5.41) is 0. The molecule has 28 heavy (non-hydrogen) atoms. The van der Waals surface area contributed by atoms with Gasteiger partial charge in [-0.2, -0.15) is 0 Å². The summed E-state index contributed by atoms with van der Waals surface area (Å²) in [6.07, 6.45) is 5.42. The predicted octanol–water partition coefficient (Wildman–Crippen LogP) is 4.12. The third-order valence-electron chi connectivity index (χ3n) is 6.33. The molecule has 1 aliphatic heterocycles. The van der Waals surface area contributed by atoms with Crippen LogP contribution in [0.15, 0.2) is 24.0 Å². The van der Waals surface area contributed by atoms with Crippen LogP contribution in [0.25, 0.3) is 5.57 Å². The fourth-order valence-corrected chi connectivity index (χ4v) is 4.68. The van der Waals surface area contributed by atoms with Crippen molar-refractivity contribution in [3.63, 3.8) is 0 Å². The third kappa shape index (κ3) is 3.06. The van der Waals surface area contributed by atoms with Crippen molar-refractivity contribution >= 4 is 17.4 Å². The molecule has 2 aliphatic carbocycles. The molecule has 0 unspecified atom stereocenters. The second-order valence-corrected chi connectivity index (χ2v) is 8.26. The largest absolute Gasteiger partial charge is 0.427 e. The molecule has 4 rings (SSSR count). The molecule has 0 bridgehead atoms. The molecule has 3 aliphatic rings. The van der Waals surface area contributed by atoms with Gasteiger partial charge in [-0.25, -0.2) is 0 Å². The second-order valence-electron chi connectivity index (χ2n) is 8.26. The number of benzene rings is 1. The number of aryl methyl sites for hydroxylation is 2. The van der Waals surface area contributed by atoms with Gasteiger partial charge in [0, 0.05) is 6.61 Å². The van der Waals surface area contributed by atoms with E-state index in [0.717, 1.165) is 55.2 Å². The molecule has 1 amide bonds. The van der Waals surface area contributed by atoms with Crippen molar-refractivity contribution in [1.82, 2.24) is 4.90 Å². The molecule has 1 spiro atoms. The van der Waals surface area contributed by atoms with Crippen LogP contribution in [0.5, 0.6) is 0 Å². The highest BCUT2D eigenvalue weighted by molar-refractivity contribution is 6.24. The first kappa shape index (κ1) is 19.2. The smallest absolute Gasteiger partial charge is 0.314 e. The number of hydrogen-bond acceptors (Lipinski definition) is 4. The van der Waals surface area contributed by atoms with E-state index in [1.807, 2.05) is 43.9 Å². The number of rotatable bonds is 6. The minimum absolute atomic E-state index is 0.0128. The maximum Gasteiger partial charge on any atom is 0.314 e. The highest BCUT2D eigenvalue weighted by atomic mass is 16.5. The lowest BCUT2D eigenvalue weighted by Crippen LogP contribution is -2.48. The van der Waals surface area contributed by atoms with E-state index in [9.17, 15) is 9.59 Å². The normalized spacial score (nSPS) is 21.1. The quantitative estimate of drug-likeness (QED) is 0.694. The van der Waals surface area contributed by atoms with Gasteiger partial charge in [-0.1, -0.05) is 31.0 Å². The molecule has 0 radical (unpaired) electrons. The van der Waals surface area contributed by atoms with Crippen LogP contribution in [-0.4, -0.2) is 35.7 Å². The Morgan fingerprint density at radius 3 is 2.39 bits per heavy atom. The Morgan fingerprint density at radius 2 is 1.82 bits per heavy atom. The summed E-state index contributed by atoms with van der Waals surface area (Å²) in [7, 11) is 0. The molecule has 1 aromatic carbocycles. The Bertz CT molecular complexity index is 811. The van der Waals surface area contributed by atoms with Crippen molar-refractivity contribution in [3.05, 3.63) is 40.6 Å². The van der Waals surface area contributed by atoms with Crippen LogP contribution in [-0.2, 0) is 19.1 Å². The van der Waals surface area contributed by atoms with Crippen LogP contribution in [0.4, 0.5) is 0 Å². The minimum atomic E-state index is -0.555. The standard InChI is InChI=1S/C23H29NO4/c1-4-27-14-24-21(25)19(18-15(2)8-7-9-16(18)3)20(23(24)12-5-6-13-23)28-22(26)17-10-11-17/h7-9,17H,4-6,10-14H2,1-3H3. The molecule has 5 nitrogen and oxygen atoms in total. The van der Waals surface area contributed by atoms with Crippen LogP contribution < -0.4 is 0 Å². The van der Waals surface area contributed by atoms with E-state index in [2.05, 4.69) is 0 Å². The fourth-order valence-electron chi connectivity index (χ4n) is 4.68. The highest BCUT2D eigenvalue weighted by Gasteiger charge is 2.56. The Labute approximate surface area is 166 Å². The van der Waals surface area contributed by atoms with E-state index < -0.39 is 5.54 Å². The molecule has 0 atom stereocenters. The summed E-state index contributed by atoms with van der Waals surface area (Å²) in [5.41, 5.74) is 2.95. The second kappa shape index (κ2) is 7.36. The number of carbonyl (C=O) groups excluding carboxylic acids is 2. The highest BCUT2D eigenvalue weighted by Crippen LogP contribution is 2.51. The lowest BCUT2D eigenvalue weighted by atomic mass is 9.90. The van der Waals surface area contributed by atoms with Crippen molar-refractivity contribution in [2.75, 3.05) is 13.3 Å². The minimum Gasteiger partial charge on any atom is -0.427 e. The van der Waals surface area contributed by atoms with Crippen LogP contribution in [0.2, 0.25) is 0 Å². The van der Waals surface area contributed by atoms with Crippen LogP contribution >= 0.6 is 0 Å². The maximum absolute atomic E-state index is 13.7. The van der Waals surface area contributed by atoms with E-state index >= 15 is 0 Å². The van der Waals surface area contributed by atoms with Crippen molar-refractivity contribution in [3.8, 4) is 0 Å². The topological polar surface area (TPSA) is 55.8 Å². The van der Waals surface area contributed by atoms with Crippen LogP contribution in [0.3, 0.4) is 0 Å². The molecule has 0 saturated heterocycles. The fraction of sp³-hybridized carbons (Fsp3) is 0.565. The van der Waals surface area contributed by atoms with Crippen molar-refractivity contribution in [2.24, 2.45) is 5.92 Å². The van der Waals surface area contributed by atoms with Gasteiger partial charge in [0.2, 0.25) is 0 Å². The van der Waals surface area contributed by atoms with Gasteiger partial charge < -0.3 is 14.4 Å². The van der Waals surface area contributed by atoms with Gasteiger partial charge in [0.15, 0.2) is 0 Å². The van der Waals surface area contributed by atoms with Gasteiger partial charge in [-0.3, -0.25) is 9.59 Å². The SMILES string of the molecule is CCOCN1C(=O)C(c2c(C)cccc2C)=C(OC(=O)C2CC2)C12CCCC2. The van der Waals surface area contributed by atoms with Gasteiger partial charge in [-0.15, -0.1) is 0 Å². The zero-order chi connectivity index (χ0) is 19.9. The Hall–Kier alpha value is -2.14. The number of carbonyl (C=O) groups is 2. The first-order valence-corrected chi connectivity index (χ1v) is 10.4. The Balaban J connectivity index is 1.87. The molecule has 2 saturated carbocycles. The molecular formula is C23H29NO4. The Kier molecular flexibility index (Phi) is 5.04. The van der Waals surface area contributed by atoms with Gasteiger partial charge in [0.25, 0.3) is 5.91 Å². The summed E-state index contributed by atoms with van der Waals surface area (Å²) in [4.78, 5) is 28.1. The van der Waals surface area contributed by atoms with E-state index in [0.29, 0.717) is 17.9 Å². The number of hydrogen-bond donors (Lipinski definition) is 0. The summed E-state index contributed by atoms with van der Waals surface area (Å²) >= 11 is 0. The lowest BCUT2D eigenvalue weighted by Gasteiger charge is -2.36. The monoisotopic (exact) mass is 383 g/mol. The molecule has 0 aromatic heterocycles. The van der Waals surface area contributed by atoms with Crippen molar-refractivity contribution in [1.29, 1.82) is 0 Å². The Morgan fingerprint density at radius 1 is 1.18 bits per heavy atom. The van der Waals surface area contributed by atoms with E-state index in [1.54, 1.807) is 0 Å². The molecule has 2 fully saturated rings. The van der Waals surface area contributed by atoms with Gasteiger partial charge in [0.1, 0.15) is 18.0 Å². The molecule has 5 heteroatoms. The lowest BCUT2D eigenvalue weighted by molar-refractivity contribution is -0.146. The maximum atomic E-state index is 13.7. The van der Waals surface area contributed by atoms with Crippen LogP contribution in [0.1, 0.15) is 62.1 Å². The van der Waals surface area contributed by atoms with Crippen molar-refractivity contribution in [2.45, 2.75) is 64.8 Å². The molecule has 150 valence electrons. The predicted molar refractivity (Wildman–Crippen MR) is 106 cm³/mol. The van der Waals surface area contributed by atoms with E-state index in [1.165, 1.54) is 0 Å². The summed E-state index contributed by atoms with van der Waals surface area (Å²) in [5.74, 6) is 0.299. The molecule has 1 aromatic rings. The summed E-state index contributed by atoms with van der Waals surface area (Å²) in [6, 6.07) is 6.01. The van der Waals surface area contributed by atoms with Crippen molar-refractivity contribution < 1.29 is 19.1 Å². The first-order chi connectivity index (χ1) is 13.5. The number of nitrogens with zero attached hydrogens (tertiary/aromatic N) is 1. The number of amides is 1. The molecule has 1 heterocycles. The van der Waals surface area contributed by atoms with E-state index in [-0.39, 0.29) is 24.5 Å². The number of esters is 1. The zero-order valence-electron chi connectivity index (χ0n) is 17.0. The van der Waals surface area contributed by atoms with Gasteiger partial charge in [-0.05, 0) is 63.1 Å². The van der Waals surface area contributed by atoms with Crippen LogP contribution in [0, 0.1) is 19.8 Å². The molecule has 0 N–H and O–H groups in total. The average Bonchev–Trinajstić information content (AvgIpc) is 3.37.